The van der Waals surface area contributed by atoms with Gasteiger partial charge in [-0.1, -0.05) is 0 Å². The highest BCUT2D eigenvalue weighted by atomic mass is 19.4. The van der Waals surface area contributed by atoms with E-state index in [9.17, 15) is 13.2 Å². The fraction of sp³-hybridized carbons (Fsp3) is 0.550. The third-order valence-corrected chi connectivity index (χ3v) is 5.79. The largest absolute Gasteiger partial charge is 0.417 e. The molecule has 2 N–H and O–H groups in total. The van der Waals surface area contributed by atoms with Gasteiger partial charge < -0.3 is 29.7 Å². The van der Waals surface area contributed by atoms with Crippen LogP contribution in [0.15, 0.2) is 18.3 Å². The number of ether oxygens (including phenoxy) is 3. The Kier molecular flexibility index (Phi) is 5.51. The van der Waals surface area contributed by atoms with Crippen molar-refractivity contribution in [3.8, 4) is 11.3 Å². The van der Waals surface area contributed by atoms with Crippen molar-refractivity contribution in [2.75, 3.05) is 68.1 Å². The van der Waals surface area contributed by atoms with Crippen molar-refractivity contribution in [3.05, 3.63) is 23.9 Å². The van der Waals surface area contributed by atoms with E-state index in [-0.39, 0.29) is 29.3 Å². The van der Waals surface area contributed by atoms with Gasteiger partial charge in [-0.25, -0.2) is 9.97 Å². The first-order chi connectivity index (χ1) is 15.4. The normalized spacial score (nSPS) is 24.0. The molecule has 9 nitrogen and oxygen atoms in total. The lowest BCUT2D eigenvalue weighted by atomic mass is 10.1. The molecule has 0 aromatic carbocycles. The van der Waals surface area contributed by atoms with E-state index in [1.807, 2.05) is 9.80 Å². The molecule has 3 fully saturated rings. The maximum atomic E-state index is 13.8. The van der Waals surface area contributed by atoms with Crippen LogP contribution in [0.3, 0.4) is 0 Å². The molecule has 2 aromatic heterocycles. The molecule has 0 aliphatic carbocycles. The Balaban J connectivity index is 1.58. The summed E-state index contributed by atoms with van der Waals surface area (Å²) < 4.78 is 58.3. The summed E-state index contributed by atoms with van der Waals surface area (Å²) in [5.74, 6) is 0.659. The fourth-order valence-electron chi connectivity index (χ4n) is 4.19. The summed E-state index contributed by atoms with van der Waals surface area (Å²) in [6.07, 6.45) is -3.73. The smallest absolute Gasteiger partial charge is 0.384 e. The molecule has 0 radical (unpaired) electrons. The fourth-order valence-corrected chi connectivity index (χ4v) is 4.19. The van der Waals surface area contributed by atoms with Gasteiger partial charge in [0.1, 0.15) is 23.8 Å². The van der Waals surface area contributed by atoms with Crippen LogP contribution in [-0.2, 0) is 20.4 Å². The van der Waals surface area contributed by atoms with Gasteiger partial charge in [0.05, 0.1) is 37.7 Å². The summed E-state index contributed by atoms with van der Waals surface area (Å²) in [7, 11) is 0. The molecular formula is C20H23F3N6O3. The molecule has 3 saturated heterocycles. The zero-order valence-electron chi connectivity index (χ0n) is 17.2. The van der Waals surface area contributed by atoms with Gasteiger partial charge in [-0.15, -0.1) is 0 Å². The second-order valence-electron chi connectivity index (χ2n) is 7.89. The number of anilines is 3. The summed E-state index contributed by atoms with van der Waals surface area (Å²) in [5, 5.41) is 0. The first-order valence-electron chi connectivity index (χ1n) is 10.4. The molecule has 3 aliphatic heterocycles. The number of morpholine rings is 1. The number of halogens is 3. The minimum Gasteiger partial charge on any atom is -0.384 e. The van der Waals surface area contributed by atoms with Crippen molar-refractivity contribution < 1.29 is 27.4 Å². The van der Waals surface area contributed by atoms with Crippen molar-refractivity contribution in [2.24, 2.45) is 0 Å². The van der Waals surface area contributed by atoms with Gasteiger partial charge in [0.25, 0.3) is 0 Å². The van der Waals surface area contributed by atoms with Gasteiger partial charge in [0.2, 0.25) is 5.95 Å². The van der Waals surface area contributed by atoms with E-state index in [0.29, 0.717) is 64.4 Å². The molecule has 0 spiro atoms. The van der Waals surface area contributed by atoms with Crippen LogP contribution in [0.25, 0.3) is 11.3 Å². The van der Waals surface area contributed by atoms with E-state index in [2.05, 4.69) is 15.0 Å². The number of alkyl halides is 3. The number of fused-ring (bicyclic) bond motifs is 1. The highest BCUT2D eigenvalue weighted by Crippen LogP contribution is 2.38. The number of hydrogen-bond donors (Lipinski definition) is 1. The van der Waals surface area contributed by atoms with Crippen LogP contribution in [0.5, 0.6) is 0 Å². The molecule has 5 heterocycles. The summed E-state index contributed by atoms with van der Waals surface area (Å²) >= 11 is 0. The Morgan fingerprint density at radius 3 is 2.28 bits per heavy atom. The molecule has 2 atom stereocenters. The number of nitrogens with two attached hydrogens (primary N) is 1. The number of nitrogens with zero attached hydrogens (tertiary/aromatic N) is 5. The van der Waals surface area contributed by atoms with Gasteiger partial charge in [-0.05, 0) is 6.07 Å². The zero-order valence-corrected chi connectivity index (χ0v) is 17.2. The third kappa shape index (κ3) is 4.17. The van der Waals surface area contributed by atoms with Crippen LogP contribution >= 0.6 is 0 Å². The van der Waals surface area contributed by atoms with E-state index < -0.39 is 11.7 Å². The van der Waals surface area contributed by atoms with E-state index in [0.717, 1.165) is 12.3 Å². The SMILES string of the molecule is Nc1cc(C(F)(F)F)c(-c2cc(N3CCOCC3)nc(N3C[C@H]4OCCO[C@@H]4C3)n2)cn1. The maximum Gasteiger partial charge on any atom is 0.417 e. The monoisotopic (exact) mass is 452 g/mol. The average molecular weight is 452 g/mol. The molecule has 0 bridgehead atoms. The first-order valence-corrected chi connectivity index (χ1v) is 10.4. The van der Waals surface area contributed by atoms with Crippen LogP contribution in [-0.4, -0.2) is 79.8 Å². The van der Waals surface area contributed by atoms with Crippen LogP contribution in [0.4, 0.5) is 30.8 Å². The third-order valence-electron chi connectivity index (χ3n) is 5.79. The second-order valence-corrected chi connectivity index (χ2v) is 7.89. The van der Waals surface area contributed by atoms with Gasteiger partial charge in [-0.3, -0.25) is 0 Å². The molecule has 0 unspecified atom stereocenters. The number of hydrogen-bond acceptors (Lipinski definition) is 9. The number of nitrogen functional groups attached to an aromatic ring is 1. The molecule has 3 aliphatic rings. The highest BCUT2D eigenvalue weighted by molar-refractivity contribution is 5.69. The Morgan fingerprint density at radius 2 is 1.62 bits per heavy atom. The Bertz CT molecular complexity index is 972. The van der Waals surface area contributed by atoms with Crippen LogP contribution in [0.1, 0.15) is 5.56 Å². The number of aromatic nitrogens is 3. The molecule has 32 heavy (non-hydrogen) atoms. The van der Waals surface area contributed by atoms with E-state index in [4.69, 9.17) is 19.9 Å². The molecule has 5 rings (SSSR count). The van der Waals surface area contributed by atoms with E-state index in [1.165, 1.54) is 0 Å². The van der Waals surface area contributed by atoms with Crippen molar-refractivity contribution in [1.29, 1.82) is 0 Å². The minimum atomic E-state index is -4.61. The van der Waals surface area contributed by atoms with Gasteiger partial charge >= 0.3 is 6.18 Å². The number of pyridine rings is 1. The van der Waals surface area contributed by atoms with Crippen molar-refractivity contribution in [2.45, 2.75) is 18.4 Å². The summed E-state index contributed by atoms with van der Waals surface area (Å²) in [6, 6.07) is 2.39. The highest BCUT2D eigenvalue weighted by Gasteiger charge is 2.39. The Labute approximate surface area is 182 Å². The van der Waals surface area contributed by atoms with E-state index >= 15 is 0 Å². The topological polar surface area (TPSA) is 98.9 Å². The van der Waals surface area contributed by atoms with Crippen molar-refractivity contribution in [3.63, 3.8) is 0 Å². The molecular weight excluding hydrogens is 429 g/mol. The lowest BCUT2D eigenvalue weighted by Crippen LogP contribution is -2.37. The van der Waals surface area contributed by atoms with E-state index in [1.54, 1.807) is 6.07 Å². The summed E-state index contributed by atoms with van der Waals surface area (Å²) in [4.78, 5) is 16.9. The lowest BCUT2D eigenvalue weighted by Gasteiger charge is -2.29. The van der Waals surface area contributed by atoms with Crippen molar-refractivity contribution >= 4 is 17.6 Å². The average Bonchev–Trinajstić information content (AvgIpc) is 3.23. The summed E-state index contributed by atoms with van der Waals surface area (Å²) in [5.41, 5.74) is 4.65. The van der Waals surface area contributed by atoms with Crippen molar-refractivity contribution in [1.82, 2.24) is 15.0 Å². The quantitative estimate of drug-likeness (QED) is 0.744. The Hall–Kier alpha value is -2.70. The van der Waals surface area contributed by atoms with Crippen LogP contribution < -0.4 is 15.5 Å². The molecule has 0 saturated carbocycles. The van der Waals surface area contributed by atoms with Gasteiger partial charge in [0.15, 0.2) is 0 Å². The summed E-state index contributed by atoms with van der Waals surface area (Å²) in [6.45, 7) is 4.23. The Morgan fingerprint density at radius 1 is 0.938 bits per heavy atom. The molecule has 0 amide bonds. The molecule has 172 valence electrons. The first kappa shape index (κ1) is 21.2. The van der Waals surface area contributed by atoms with Crippen LogP contribution in [0.2, 0.25) is 0 Å². The maximum absolute atomic E-state index is 13.8. The number of rotatable bonds is 3. The molecule has 12 heteroatoms. The minimum absolute atomic E-state index is 0.119. The zero-order chi connectivity index (χ0) is 22.3. The van der Waals surface area contributed by atoms with Gasteiger partial charge in [-0.2, -0.15) is 18.2 Å². The predicted molar refractivity (Wildman–Crippen MR) is 109 cm³/mol. The molecule has 2 aromatic rings. The second kappa shape index (κ2) is 8.34. The van der Waals surface area contributed by atoms with Gasteiger partial charge in [0, 0.05) is 44.0 Å². The lowest BCUT2D eigenvalue weighted by molar-refractivity contribution is -0.137. The standard InChI is InChI=1S/C20H23F3N6O3/c21-20(22,23)13-7-17(24)25-9-12(13)14-8-18(28-1-3-30-4-2-28)27-19(26-14)29-10-15-16(11-29)32-6-5-31-15/h7-9,15-16H,1-6,10-11H2,(H2,24,25)/t15-,16-/m1/s1. The predicted octanol–water partition coefficient (Wildman–Crippen LogP) is 1.58. The van der Waals surface area contributed by atoms with Crippen LogP contribution in [0, 0.1) is 0 Å².